The average molecular weight is 266 g/mol. The number of rotatable bonds is 6. The lowest BCUT2D eigenvalue weighted by Gasteiger charge is -2.12. The minimum absolute atomic E-state index is 0.0423. The van der Waals surface area contributed by atoms with Crippen LogP contribution in [0.3, 0.4) is 0 Å². The molecule has 3 N–H and O–H groups in total. The van der Waals surface area contributed by atoms with Crippen molar-refractivity contribution >= 4 is 23.4 Å². The highest BCUT2D eigenvalue weighted by molar-refractivity contribution is 8.00. The molecule has 1 aromatic rings. The molecule has 3 nitrogen and oxygen atoms in total. The molecule has 1 amide bonds. The third kappa shape index (κ3) is 4.70. The number of para-hydroxylation sites is 1. The Morgan fingerprint density at radius 1 is 1.39 bits per heavy atom. The van der Waals surface area contributed by atoms with Crippen LogP contribution >= 0.6 is 11.8 Å². The molecule has 4 heteroatoms. The van der Waals surface area contributed by atoms with E-state index in [1.54, 1.807) is 11.8 Å². The van der Waals surface area contributed by atoms with Gasteiger partial charge in [-0.1, -0.05) is 25.1 Å². The van der Waals surface area contributed by atoms with Crippen LogP contribution in [0.4, 0.5) is 5.69 Å². The van der Waals surface area contributed by atoms with Gasteiger partial charge in [-0.2, -0.15) is 11.8 Å². The summed E-state index contributed by atoms with van der Waals surface area (Å²) in [6.45, 7) is 6.06. The summed E-state index contributed by atoms with van der Waals surface area (Å²) in [6, 6.07) is 6.18. The van der Waals surface area contributed by atoms with Crippen molar-refractivity contribution in [3.05, 3.63) is 29.3 Å². The highest BCUT2D eigenvalue weighted by Crippen LogP contribution is 2.19. The largest absolute Gasteiger partial charge is 0.327 e. The van der Waals surface area contributed by atoms with Gasteiger partial charge in [0.15, 0.2) is 0 Å². The number of carbonyl (C=O) groups is 1. The quantitative estimate of drug-likeness (QED) is 0.832. The summed E-state index contributed by atoms with van der Waals surface area (Å²) in [5.41, 5.74) is 8.93. The normalized spacial score (nSPS) is 12.2. The fourth-order valence-corrected chi connectivity index (χ4v) is 2.52. The van der Waals surface area contributed by atoms with Crippen molar-refractivity contribution in [2.45, 2.75) is 33.2 Å². The summed E-state index contributed by atoms with van der Waals surface area (Å²) in [5, 5.41) is 2.97. The van der Waals surface area contributed by atoms with E-state index in [0.717, 1.165) is 29.0 Å². The Morgan fingerprint density at radius 2 is 2.00 bits per heavy atom. The number of carbonyl (C=O) groups excluding carboxylic acids is 1. The molecule has 0 fully saturated rings. The first-order chi connectivity index (χ1) is 8.54. The third-order valence-corrected chi connectivity index (χ3v) is 3.97. The van der Waals surface area contributed by atoms with Gasteiger partial charge in [-0.15, -0.1) is 0 Å². The Balaban J connectivity index is 2.45. The van der Waals surface area contributed by atoms with Crippen molar-refractivity contribution in [2.24, 2.45) is 5.73 Å². The highest BCUT2D eigenvalue weighted by Gasteiger charge is 2.08. The molecule has 0 saturated heterocycles. The lowest BCUT2D eigenvalue weighted by Crippen LogP contribution is -2.23. The van der Waals surface area contributed by atoms with Gasteiger partial charge in [0.1, 0.15) is 0 Å². The molecule has 1 atom stereocenters. The smallest absolute Gasteiger partial charge is 0.234 e. The monoisotopic (exact) mass is 266 g/mol. The summed E-state index contributed by atoms with van der Waals surface area (Å²) in [7, 11) is 0. The Bertz CT molecular complexity index is 387. The Kier molecular flexibility index (Phi) is 6.22. The lowest BCUT2D eigenvalue weighted by atomic mass is 10.1. The molecule has 0 aliphatic carbocycles. The molecule has 0 aliphatic rings. The van der Waals surface area contributed by atoms with Gasteiger partial charge in [-0.3, -0.25) is 4.79 Å². The van der Waals surface area contributed by atoms with E-state index in [-0.39, 0.29) is 11.9 Å². The van der Waals surface area contributed by atoms with E-state index in [1.807, 2.05) is 32.0 Å². The fraction of sp³-hybridized carbons (Fsp3) is 0.500. The van der Waals surface area contributed by atoms with Crippen LogP contribution in [0.1, 0.15) is 24.5 Å². The van der Waals surface area contributed by atoms with Crippen LogP contribution in [0.15, 0.2) is 18.2 Å². The van der Waals surface area contributed by atoms with Crippen molar-refractivity contribution in [1.29, 1.82) is 0 Å². The Labute approximate surface area is 114 Å². The molecule has 1 rings (SSSR count). The van der Waals surface area contributed by atoms with Crippen molar-refractivity contribution < 1.29 is 4.79 Å². The van der Waals surface area contributed by atoms with Crippen molar-refractivity contribution in [3.63, 3.8) is 0 Å². The zero-order chi connectivity index (χ0) is 13.5. The molecule has 0 aliphatic heterocycles. The lowest BCUT2D eigenvalue weighted by molar-refractivity contribution is -0.113. The summed E-state index contributed by atoms with van der Waals surface area (Å²) in [6.07, 6.45) is 0.950. The van der Waals surface area contributed by atoms with E-state index >= 15 is 0 Å². The number of anilines is 1. The zero-order valence-electron chi connectivity index (χ0n) is 11.3. The molecule has 0 heterocycles. The molecule has 1 unspecified atom stereocenters. The molecule has 0 spiro atoms. The van der Waals surface area contributed by atoms with Crippen LogP contribution in [0.5, 0.6) is 0 Å². The number of benzene rings is 1. The minimum Gasteiger partial charge on any atom is -0.327 e. The van der Waals surface area contributed by atoms with Gasteiger partial charge in [0.05, 0.1) is 5.75 Å². The summed E-state index contributed by atoms with van der Waals surface area (Å²) in [5.74, 6) is 1.33. The van der Waals surface area contributed by atoms with Gasteiger partial charge in [0, 0.05) is 17.5 Å². The third-order valence-electron chi connectivity index (χ3n) is 2.84. The second-order valence-corrected chi connectivity index (χ2v) is 5.53. The summed E-state index contributed by atoms with van der Waals surface area (Å²) >= 11 is 1.59. The van der Waals surface area contributed by atoms with Gasteiger partial charge in [0.25, 0.3) is 0 Å². The Morgan fingerprint density at radius 3 is 2.56 bits per heavy atom. The number of thioether (sulfide) groups is 1. The first kappa shape index (κ1) is 15.1. The molecule has 1 aromatic carbocycles. The van der Waals surface area contributed by atoms with Gasteiger partial charge in [-0.25, -0.2) is 0 Å². The van der Waals surface area contributed by atoms with Crippen LogP contribution in [0, 0.1) is 13.8 Å². The van der Waals surface area contributed by atoms with E-state index in [0.29, 0.717) is 5.75 Å². The molecule has 100 valence electrons. The maximum absolute atomic E-state index is 11.8. The van der Waals surface area contributed by atoms with Crippen molar-refractivity contribution in [3.8, 4) is 0 Å². The second kappa shape index (κ2) is 7.44. The van der Waals surface area contributed by atoms with E-state index < -0.39 is 0 Å². The van der Waals surface area contributed by atoms with Gasteiger partial charge in [-0.05, 0) is 31.4 Å². The van der Waals surface area contributed by atoms with Gasteiger partial charge >= 0.3 is 0 Å². The van der Waals surface area contributed by atoms with Crippen LogP contribution in [0.25, 0.3) is 0 Å². The minimum atomic E-state index is 0.0423. The van der Waals surface area contributed by atoms with Crippen LogP contribution in [0.2, 0.25) is 0 Å². The van der Waals surface area contributed by atoms with Crippen molar-refractivity contribution in [1.82, 2.24) is 0 Å². The number of nitrogens with two attached hydrogens (primary N) is 1. The first-order valence-electron chi connectivity index (χ1n) is 6.24. The number of amides is 1. The average Bonchev–Trinajstić information content (AvgIpc) is 2.34. The SMILES string of the molecule is CCC(N)CSCC(=O)Nc1c(C)cccc1C. The van der Waals surface area contributed by atoms with Gasteiger partial charge in [0.2, 0.25) is 5.91 Å². The van der Waals surface area contributed by atoms with Crippen LogP contribution in [-0.4, -0.2) is 23.5 Å². The van der Waals surface area contributed by atoms with Crippen molar-refractivity contribution in [2.75, 3.05) is 16.8 Å². The van der Waals surface area contributed by atoms with Gasteiger partial charge < -0.3 is 11.1 Å². The highest BCUT2D eigenvalue weighted by atomic mass is 32.2. The number of hydrogen-bond donors (Lipinski definition) is 2. The van der Waals surface area contributed by atoms with E-state index in [9.17, 15) is 4.79 Å². The second-order valence-electron chi connectivity index (χ2n) is 4.50. The molecule has 0 saturated carbocycles. The maximum Gasteiger partial charge on any atom is 0.234 e. The molecular formula is C14H22N2OS. The van der Waals surface area contributed by atoms with E-state index in [1.165, 1.54) is 0 Å². The molecule has 0 bridgehead atoms. The molecule has 18 heavy (non-hydrogen) atoms. The Hall–Kier alpha value is -1.00. The molecular weight excluding hydrogens is 244 g/mol. The number of hydrogen-bond acceptors (Lipinski definition) is 3. The summed E-state index contributed by atoms with van der Waals surface area (Å²) < 4.78 is 0. The zero-order valence-corrected chi connectivity index (χ0v) is 12.1. The molecule has 0 radical (unpaired) electrons. The fourth-order valence-electron chi connectivity index (χ4n) is 1.61. The summed E-state index contributed by atoms with van der Waals surface area (Å²) in [4.78, 5) is 11.8. The van der Waals surface area contributed by atoms with E-state index in [2.05, 4.69) is 12.2 Å². The van der Waals surface area contributed by atoms with Crippen LogP contribution < -0.4 is 11.1 Å². The number of aryl methyl sites for hydroxylation is 2. The topological polar surface area (TPSA) is 55.1 Å². The van der Waals surface area contributed by atoms with Crippen LogP contribution in [-0.2, 0) is 4.79 Å². The standard InChI is InChI=1S/C14H22N2OS/c1-4-12(15)8-18-9-13(17)16-14-10(2)6-5-7-11(14)3/h5-7,12H,4,8-9,15H2,1-3H3,(H,16,17). The first-order valence-corrected chi connectivity index (χ1v) is 7.39. The predicted octanol–water partition coefficient (Wildman–Crippen LogP) is 2.71. The van der Waals surface area contributed by atoms with E-state index in [4.69, 9.17) is 5.73 Å². The predicted molar refractivity (Wildman–Crippen MR) is 80.1 cm³/mol. The maximum atomic E-state index is 11.8. The number of nitrogens with one attached hydrogen (secondary N) is 1. The molecule has 0 aromatic heterocycles.